The topological polar surface area (TPSA) is 64.6 Å². The fourth-order valence-corrected chi connectivity index (χ4v) is 2.09. The Morgan fingerprint density at radius 3 is 2.35 bits per heavy atom. The standard InChI is InChI=1S/C18H19NO4/c1-12-4-9-16(17(10-12)22-3)23-18(21)11-14-5-7-15(8-6-14)19-13(2)20/h4-10H,11H2,1-3H3,(H,19,20). The average molecular weight is 313 g/mol. The zero-order chi connectivity index (χ0) is 16.8. The van der Waals surface area contributed by atoms with Crippen LogP contribution in [0.5, 0.6) is 11.5 Å². The zero-order valence-electron chi connectivity index (χ0n) is 13.4. The summed E-state index contributed by atoms with van der Waals surface area (Å²) in [4.78, 5) is 23.0. The van der Waals surface area contributed by atoms with Gasteiger partial charge in [-0.25, -0.2) is 0 Å². The van der Waals surface area contributed by atoms with Crippen molar-refractivity contribution in [3.63, 3.8) is 0 Å². The number of nitrogens with one attached hydrogen (secondary N) is 1. The van der Waals surface area contributed by atoms with Crippen LogP contribution in [0.3, 0.4) is 0 Å². The average Bonchev–Trinajstić information content (AvgIpc) is 2.50. The van der Waals surface area contributed by atoms with Crippen molar-refractivity contribution in [1.82, 2.24) is 0 Å². The Bertz CT molecular complexity index is 707. The first-order valence-corrected chi connectivity index (χ1v) is 7.20. The second kappa shape index (κ2) is 7.45. The number of hydrogen-bond acceptors (Lipinski definition) is 4. The van der Waals surface area contributed by atoms with E-state index < -0.39 is 0 Å². The van der Waals surface area contributed by atoms with E-state index in [-0.39, 0.29) is 18.3 Å². The molecule has 0 atom stereocenters. The molecule has 5 heteroatoms. The lowest BCUT2D eigenvalue weighted by Gasteiger charge is -2.10. The van der Waals surface area contributed by atoms with Crippen molar-refractivity contribution in [2.24, 2.45) is 0 Å². The van der Waals surface area contributed by atoms with Gasteiger partial charge in [0.1, 0.15) is 0 Å². The van der Waals surface area contributed by atoms with Crippen molar-refractivity contribution < 1.29 is 19.1 Å². The Kier molecular flexibility index (Phi) is 5.36. The van der Waals surface area contributed by atoms with E-state index >= 15 is 0 Å². The number of carbonyl (C=O) groups is 2. The zero-order valence-corrected chi connectivity index (χ0v) is 13.4. The minimum Gasteiger partial charge on any atom is -0.493 e. The van der Waals surface area contributed by atoms with Gasteiger partial charge in [0.2, 0.25) is 5.91 Å². The second-order valence-electron chi connectivity index (χ2n) is 5.18. The minimum absolute atomic E-state index is 0.136. The number of aryl methyl sites for hydroxylation is 1. The van der Waals surface area contributed by atoms with Gasteiger partial charge < -0.3 is 14.8 Å². The molecule has 0 aliphatic heterocycles. The number of carbonyl (C=O) groups excluding carboxylic acids is 2. The summed E-state index contributed by atoms with van der Waals surface area (Å²) >= 11 is 0. The van der Waals surface area contributed by atoms with Gasteiger partial charge in [0, 0.05) is 12.6 Å². The van der Waals surface area contributed by atoms with Gasteiger partial charge in [-0.3, -0.25) is 9.59 Å². The van der Waals surface area contributed by atoms with Gasteiger partial charge in [-0.2, -0.15) is 0 Å². The predicted molar refractivity (Wildman–Crippen MR) is 87.8 cm³/mol. The molecule has 0 aliphatic rings. The number of benzene rings is 2. The summed E-state index contributed by atoms with van der Waals surface area (Å²) in [6.45, 7) is 3.38. The third-order valence-electron chi connectivity index (χ3n) is 3.17. The molecular formula is C18H19NO4. The molecule has 2 aromatic carbocycles. The van der Waals surface area contributed by atoms with Crippen LogP contribution in [0.1, 0.15) is 18.1 Å². The summed E-state index contributed by atoms with van der Waals surface area (Å²) in [6, 6.07) is 12.4. The molecule has 0 bridgehead atoms. The predicted octanol–water partition coefficient (Wildman–Crippen LogP) is 3.11. The molecule has 0 radical (unpaired) electrons. The van der Waals surface area contributed by atoms with Crippen LogP contribution in [-0.2, 0) is 16.0 Å². The van der Waals surface area contributed by atoms with Crippen LogP contribution in [0.25, 0.3) is 0 Å². The van der Waals surface area contributed by atoms with Crippen molar-refractivity contribution in [3.05, 3.63) is 53.6 Å². The van der Waals surface area contributed by atoms with Gasteiger partial charge in [-0.05, 0) is 42.3 Å². The first kappa shape index (κ1) is 16.5. The molecular weight excluding hydrogens is 294 g/mol. The van der Waals surface area contributed by atoms with Crippen LogP contribution in [0.4, 0.5) is 5.69 Å². The lowest BCUT2D eigenvalue weighted by Crippen LogP contribution is -2.12. The van der Waals surface area contributed by atoms with Crippen molar-refractivity contribution >= 4 is 17.6 Å². The fraction of sp³-hybridized carbons (Fsp3) is 0.222. The number of ether oxygens (including phenoxy) is 2. The van der Waals surface area contributed by atoms with Crippen molar-refractivity contribution in [2.75, 3.05) is 12.4 Å². The summed E-state index contributed by atoms with van der Waals surface area (Å²) in [5.41, 5.74) is 2.51. The monoisotopic (exact) mass is 313 g/mol. The second-order valence-corrected chi connectivity index (χ2v) is 5.18. The maximum Gasteiger partial charge on any atom is 0.315 e. The molecule has 120 valence electrons. The number of anilines is 1. The van der Waals surface area contributed by atoms with Crippen molar-refractivity contribution in [2.45, 2.75) is 20.3 Å². The first-order valence-electron chi connectivity index (χ1n) is 7.20. The molecule has 0 spiro atoms. The Balaban J connectivity index is 2.01. The van der Waals surface area contributed by atoms with E-state index in [4.69, 9.17) is 9.47 Å². The smallest absolute Gasteiger partial charge is 0.315 e. The number of amides is 1. The van der Waals surface area contributed by atoms with Gasteiger partial charge >= 0.3 is 5.97 Å². The van der Waals surface area contributed by atoms with Crippen LogP contribution in [0.15, 0.2) is 42.5 Å². The Labute approximate surface area is 135 Å². The van der Waals surface area contributed by atoms with E-state index in [1.807, 2.05) is 19.1 Å². The summed E-state index contributed by atoms with van der Waals surface area (Å²) in [5, 5.41) is 2.67. The molecule has 0 saturated carbocycles. The van der Waals surface area contributed by atoms with Gasteiger partial charge in [0.25, 0.3) is 0 Å². The quantitative estimate of drug-likeness (QED) is 0.680. The van der Waals surface area contributed by atoms with Crippen LogP contribution < -0.4 is 14.8 Å². The molecule has 0 heterocycles. The maximum atomic E-state index is 12.1. The highest BCUT2D eigenvalue weighted by molar-refractivity contribution is 5.88. The number of methoxy groups -OCH3 is 1. The van der Waals surface area contributed by atoms with E-state index in [0.29, 0.717) is 17.2 Å². The van der Waals surface area contributed by atoms with E-state index in [9.17, 15) is 9.59 Å². The number of esters is 1. The Hall–Kier alpha value is -2.82. The SMILES string of the molecule is COc1cc(C)ccc1OC(=O)Cc1ccc(NC(C)=O)cc1. The minimum atomic E-state index is -0.376. The Morgan fingerprint density at radius 2 is 1.74 bits per heavy atom. The van der Waals surface area contributed by atoms with Crippen molar-refractivity contribution in [3.8, 4) is 11.5 Å². The molecule has 0 saturated heterocycles. The number of hydrogen-bond donors (Lipinski definition) is 1. The fourth-order valence-electron chi connectivity index (χ4n) is 2.09. The van der Waals surface area contributed by atoms with Gasteiger partial charge in [-0.15, -0.1) is 0 Å². The molecule has 23 heavy (non-hydrogen) atoms. The molecule has 5 nitrogen and oxygen atoms in total. The molecule has 0 fully saturated rings. The summed E-state index contributed by atoms with van der Waals surface area (Å²) in [5.74, 6) is 0.417. The van der Waals surface area contributed by atoms with Gasteiger partial charge in [0.15, 0.2) is 11.5 Å². The van der Waals surface area contributed by atoms with E-state index in [2.05, 4.69) is 5.32 Å². The molecule has 1 amide bonds. The lowest BCUT2D eigenvalue weighted by molar-refractivity contribution is -0.133. The molecule has 0 aromatic heterocycles. The largest absolute Gasteiger partial charge is 0.493 e. The highest BCUT2D eigenvalue weighted by Crippen LogP contribution is 2.28. The molecule has 0 unspecified atom stereocenters. The van der Waals surface area contributed by atoms with E-state index in [1.54, 1.807) is 30.3 Å². The third kappa shape index (κ3) is 4.85. The summed E-state index contributed by atoms with van der Waals surface area (Å²) < 4.78 is 10.6. The van der Waals surface area contributed by atoms with Crippen molar-refractivity contribution in [1.29, 1.82) is 0 Å². The first-order chi connectivity index (χ1) is 11.0. The van der Waals surface area contributed by atoms with Crippen LogP contribution >= 0.6 is 0 Å². The van der Waals surface area contributed by atoms with Gasteiger partial charge in [-0.1, -0.05) is 18.2 Å². The highest BCUT2D eigenvalue weighted by Gasteiger charge is 2.11. The van der Waals surface area contributed by atoms with Crippen LogP contribution in [0.2, 0.25) is 0 Å². The molecule has 1 N–H and O–H groups in total. The highest BCUT2D eigenvalue weighted by atomic mass is 16.6. The van der Waals surface area contributed by atoms with Crippen LogP contribution in [-0.4, -0.2) is 19.0 Å². The van der Waals surface area contributed by atoms with E-state index in [0.717, 1.165) is 11.1 Å². The summed E-state index contributed by atoms with van der Waals surface area (Å²) in [6.07, 6.45) is 0.136. The third-order valence-corrected chi connectivity index (χ3v) is 3.17. The molecule has 2 aromatic rings. The molecule has 2 rings (SSSR count). The molecule has 0 aliphatic carbocycles. The normalized spacial score (nSPS) is 10.0. The summed E-state index contributed by atoms with van der Waals surface area (Å²) in [7, 11) is 1.53. The van der Waals surface area contributed by atoms with Gasteiger partial charge in [0.05, 0.1) is 13.5 Å². The maximum absolute atomic E-state index is 12.1. The van der Waals surface area contributed by atoms with Crippen LogP contribution in [0, 0.1) is 6.92 Å². The number of rotatable bonds is 5. The van der Waals surface area contributed by atoms with E-state index in [1.165, 1.54) is 14.0 Å². The Morgan fingerprint density at radius 1 is 1.04 bits per heavy atom. The lowest BCUT2D eigenvalue weighted by atomic mass is 10.1.